The van der Waals surface area contributed by atoms with Gasteiger partial charge in [0.05, 0.1) is 23.5 Å². The molecule has 1 aromatic heterocycles. The molecule has 0 fully saturated rings. The maximum absolute atomic E-state index is 12.7. The van der Waals surface area contributed by atoms with Crippen LogP contribution < -0.4 is 4.74 Å². The van der Waals surface area contributed by atoms with Gasteiger partial charge < -0.3 is 4.74 Å². The van der Waals surface area contributed by atoms with Gasteiger partial charge in [-0.3, -0.25) is 0 Å². The summed E-state index contributed by atoms with van der Waals surface area (Å²) >= 11 is 1.43. The molecule has 0 bridgehead atoms. The molecule has 0 amide bonds. The van der Waals surface area contributed by atoms with E-state index in [0.29, 0.717) is 10.6 Å². The summed E-state index contributed by atoms with van der Waals surface area (Å²) in [5.74, 6) is 0.648. The van der Waals surface area contributed by atoms with E-state index in [2.05, 4.69) is 4.98 Å². The van der Waals surface area contributed by atoms with Gasteiger partial charge in [0, 0.05) is 10.9 Å². The second-order valence-electron chi connectivity index (χ2n) is 5.90. The first-order chi connectivity index (χ1) is 11.9. The molecule has 25 heavy (non-hydrogen) atoms. The van der Waals surface area contributed by atoms with E-state index in [9.17, 15) is 8.42 Å². The van der Waals surface area contributed by atoms with Crippen LogP contribution in [0.1, 0.15) is 16.8 Å². The molecule has 2 aromatic carbocycles. The lowest BCUT2D eigenvalue weighted by molar-refractivity contribution is 0.415. The topological polar surface area (TPSA) is 56.3 Å². The third-order valence-electron chi connectivity index (χ3n) is 3.87. The zero-order chi connectivity index (χ0) is 18.0. The third-order valence-corrected chi connectivity index (χ3v) is 6.62. The van der Waals surface area contributed by atoms with Crippen LogP contribution in [0.15, 0.2) is 52.7 Å². The van der Waals surface area contributed by atoms with Gasteiger partial charge in [0.15, 0.2) is 9.84 Å². The Morgan fingerprint density at radius 1 is 1.12 bits per heavy atom. The first-order valence-electron chi connectivity index (χ1n) is 7.78. The zero-order valence-corrected chi connectivity index (χ0v) is 15.9. The molecule has 0 aliphatic rings. The van der Waals surface area contributed by atoms with Crippen LogP contribution in [0.25, 0.3) is 10.6 Å². The molecule has 0 atom stereocenters. The number of hydrogen-bond acceptors (Lipinski definition) is 5. The highest BCUT2D eigenvalue weighted by molar-refractivity contribution is 7.90. The van der Waals surface area contributed by atoms with Crippen LogP contribution in [0.3, 0.4) is 0 Å². The van der Waals surface area contributed by atoms with Gasteiger partial charge in [-0.05, 0) is 37.6 Å². The van der Waals surface area contributed by atoms with Gasteiger partial charge in [-0.2, -0.15) is 0 Å². The van der Waals surface area contributed by atoms with Crippen molar-refractivity contribution >= 4 is 21.2 Å². The molecule has 6 heteroatoms. The van der Waals surface area contributed by atoms with Crippen LogP contribution in [0, 0.1) is 13.8 Å². The highest BCUT2D eigenvalue weighted by Crippen LogP contribution is 2.28. The van der Waals surface area contributed by atoms with Crippen molar-refractivity contribution in [1.82, 2.24) is 4.98 Å². The quantitative estimate of drug-likeness (QED) is 0.665. The first-order valence-corrected chi connectivity index (χ1v) is 10.3. The van der Waals surface area contributed by atoms with E-state index < -0.39 is 9.84 Å². The molecule has 1 heterocycles. The SMILES string of the molecule is COc1cccc(-c2nc(CS(=O)(=O)c3ccc(C)cc3C)cs2)c1. The van der Waals surface area contributed by atoms with E-state index in [1.54, 1.807) is 18.6 Å². The van der Waals surface area contributed by atoms with E-state index in [4.69, 9.17) is 4.74 Å². The van der Waals surface area contributed by atoms with Crippen LogP contribution in [-0.4, -0.2) is 20.5 Å². The number of aromatic nitrogens is 1. The molecule has 130 valence electrons. The Labute approximate surface area is 152 Å². The summed E-state index contributed by atoms with van der Waals surface area (Å²) in [5, 5.41) is 2.58. The predicted molar refractivity (Wildman–Crippen MR) is 101 cm³/mol. The minimum absolute atomic E-state index is 0.0998. The number of thiazole rings is 1. The monoisotopic (exact) mass is 373 g/mol. The van der Waals surface area contributed by atoms with Crippen molar-refractivity contribution in [2.24, 2.45) is 0 Å². The molecule has 3 aromatic rings. The van der Waals surface area contributed by atoms with Crippen molar-refractivity contribution in [3.05, 3.63) is 64.7 Å². The van der Waals surface area contributed by atoms with Crippen molar-refractivity contribution in [3.63, 3.8) is 0 Å². The number of methoxy groups -OCH3 is 1. The minimum Gasteiger partial charge on any atom is -0.497 e. The summed E-state index contributed by atoms with van der Waals surface area (Å²) in [7, 11) is -1.81. The average Bonchev–Trinajstić information content (AvgIpc) is 3.02. The average molecular weight is 373 g/mol. The fourth-order valence-electron chi connectivity index (χ4n) is 2.68. The van der Waals surface area contributed by atoms with Crippen LogP contribution in [0.5, 0.6) is 5.75 Å². The van der Waals surface area contributed by atoms with Gasteiger partial charge in [-0.1, -0.05) is 29.8 Å². The van der Waals surface area contributed by atoms with E-state index in [1.165, 1.54) is 11.3 Å². The van der Waals surface area contributed by atoms with Crippen LogP contribution in [-0.2, 0) is 15.6 Å². The minimum atomic E-state index is -3.42. The van der Waals surface area contributed by atoms with Crippen LogP contribution >= 0.6 is 11.3 Å². The zero-order valence-electron chi connectivity index (χ0n) is 14.3. The van der Waals surface area contributed by atoms with Gasteiger partial charge in [0.2, 0.25) is 0 Å². The first kappa shape index (κ1) is 17.6. The Kier molecular flexibility index (Phi) is 4.92. The Hall–Kier alpha value is -2.18. The number of ether oxygens (including phenoxy) is 1. The van der Waals surface area contributed by atoms with E-state index in [-0.39, 0.29) is 5.75 Å². The number of rotatable bonds is 5. The fourth-order valence-corrected chi connectivity index (χ4v) is 5.12. The Bertz CT molecular complexity index is 1010. The lowest BCUT2D eigenvalue weighted by atomic mass is 10.2. The highest BCUT2D eigenvalue weighted by atomic mass is 32.2. The molecule has 0 aliphatic carbocycles. The largest absolute Gasteiger partial charge is 0.497 e. The molecule has 0 saturated carbocycles. The fraction of sp³-hybridized carbons (Fsp3) is 0.211. The van der Waals surface area contributed by atoms with Crippen molar-refractivity contribution in [2.75, 3.05) is 7.11 Å². The van der Waals surface area contributed by atoms with Crippen molar-refractivity contribution in [1.29, 1.82) is 0 Å². The lowest BCUT2D eigenvalue weighted by Crippen LogP contribution is -2.07. The van der Waals surface area contributed by atoms with Crippen molar-refractivity contribution < 1.29 is 13.2 Å². The summed E-state index contributed by atoms with van der Waals surface area (Å²) in [6.07, 6.45) is 0. The molecule has 0 unspecified atom stereocenters. The predicted octanol–water partition coefficient (Wildman–Crippen LogP) is 4.41. The summed E-state index contributed by atoms with van der Waals surface area (Å²) in [4.78, 5) is 4.87. The van der Waals surface area contributed by atoms with E-state index >= 15 is 0 Å². The highest BCUT2D eigenvalue weighted by Gasteiger charge is 2.19. The molecule has 3 rings (SSSR count). The van der Waals surface area contributed by atoms with Gasteiger partial charge in [-0.15, -0.1) is 11.3 Å². The van der Waals surface area contributed by atoms with Gasteiger partial charge in [0.25, 0.3) is 0 Å². The summed E-state index contributed by atoms with van der Waals surface area (Å²) < 4.78 is 30.7. The third kappa shape index (κ3) is 3.91. The molecule has 0 radical (unpaired) electrons. The second kappa shape index (κ2) is 6.98. The smallest absolute Gasteiger partial charge is 0.184 e. The number of nitrogens with zero attached hydrogens (tertiary/aromatic N) is 1. The Morgan fingerprint density at radius 2 is 1.92 bits per heavy atom. The standard InChI is InChI=1S/C19H19NO3S2/c1-13-7-8-18(14(2)9-13)25(21,22)12-16-11-24-19(20-16)15-5-4-6-17(10-15)23-3/h4-11H,12H2,1-3H3. The molecule has 0 spiro atoms. The van der Waals surface area contributed by atoms with Crippen LogP contribution in [0.2, 0.25) is 0 Å². The van der Waals surface area contributed by atoms with E-state index in [0.717, 1.165) is 27.4 Å². The summed E-state index contributed by atoms with van der Waals surface area (Å²) in [5.41, 5.74) is 3.29. The van der Waals surface area contributed by atoms with Gasteiger partial charge >= 0.3 is 0 Å². The molecule has 4 nitrogen and oxygen atoms in total. The van der Waals surface area contributed by atoms with Crippen molar-refractivity contribution in [2.45, 2.75) is 24.5 Å². The number of benzene rings is 2. The summed E-state index contributed by atoms with van der Waals surface area (Å²) in [6, 6.07) is 13.0. The lowest BCUT2D eigenvalue weighted by Gasteiger charge is -2.07. The normalized spacial score (nSPS) is 11.5. The molecular weight excluding hydrogens is 354 g/mol. The number of hydrogen-bond donors (Lipinski definition) is 0. The maximum atomic E-state index is 12.7. The molecule has 0 N–H and O–H groups in total. The Balaban J connectivity index is 1.87. The number of aryl methyl sites for hydroxylation is 2. The van der Waals surface area contributed by atoms with E-state index in [1.807, 2.05) is 50.2 Å². The number of sulfone groups is 1. The summed E-state index contributed by atoms with van der Waals surface area (Å²) in [6.45, 7) is 3.77. The van der Waals surface area contributed by atoms with Gasteiger partial charge in [0.1, 0.15) is 10.8 Å². The van der Waals surface area contributed by atoms with Crippen LogP contribution in [0.4, 0.5) is 0 Å². The van der Waals surface area contributed by atoms with Crippen molar-refractivity contribution in [3.8, 4) is 16.3 Å². The van der Waals surface area contributed by atoms with Gasteiger partial charge in [-0.25, -0.2) is 13.4 Å². The second-order valence-corrected chi connectivity index (χ2v) is 8.72. The maximum Gasteiger partial charge on any atom is 0.184 e. The molecule has 0 aliphatic heterocycles. The molecular formula is C19H19NO3S2. The molecule has 0 saturated heterocycles. The Morgan fingerprint density at radius 3 is 2.64 bits per heavy atom.